The van der Waals surface area contributed by atoms with Crippen LogP contribution < -0.4 is 10.5 Å². The van der Waals surface area contributed by atoms with Gasteiger partial charge in [0.05, 0.1) is 11.6 Å². The van der Waals surface area contributed by atoms with Gasteiger partial charge in [-0.3, -0.25) is 0 Å². The molecule has 0 heterocycles. The Bertz CT molecular complexity index is 520. The predicted molar refractivity (Wildman–Crippen MR) is 90.9 cm³/mol. The number of ether oxygens (including phenoxy) is 1. The molecule has 1 saturated carbocycles. The average molecular weight is 352 g/mol. The Morgan fingerprint density at radius 2 is 1.71 bits per heavy atom. The van der Waals surface area contributed by atoms with Crippen LogP contribution in [0.3, 0.4) is 0 Å². The van der Waals surface area contributed by atoms with Crippen LogP contribution in [-0.4, -0.2) is 7.11 Å². The second kappa shape index (κ2) is 6.29. The molecule has 116 valence electrons. The van der Waals surface area contributed by atoms with Crippen LogP contribution in [0, 0.1) is 0 Å². The van der Waals surface area contributed by atoms with E-state index in [1.54, 1.807) is 7.11 Å². The number of rotatable bonds is 2. The highest BCUT2D eigenvalue weighted by Gasteiger charge is 2.34. The Labute approximate surface area is 136 Å². The number of hydrogen-bond donors (Lipinski definition) is 1. The summed E-state index contributed by atoms with van der Waals surface area (Å²) in [6.07, 6.45) is 12.2. The fraction of sp³-hybridized carbons (Fsp3) is 0.667. The molecule has 2 nitrogen and oxygen atoms in total. The maximum atomic E-state index is 6.80. The monoisotopic (exact) mass is 351 g/mol. The van der Waals surface area contributed by atoms with E-state index in [1.807, 2.05) is 0 Å². The Balaban J connectivity index is 2.11. The standard InChI is InChI=1S/C18H26BrNO/c1-21-17-15(18(20)10-6-3-7-11-18)12-13-8-4-2-5-9-14(13)16(17)19/h12H,2-11,20H2,1H3. The first-order chi connectivity index (χ1) is 10.2. The second-order valence-electron chi connectivity index (χ2n) is 6.69. The molecule has 0 unspecified atom stereocenters. The van der Waals surface area contributed by atoms with Gasteiger partial charge in [0.2, 0.25) is 0 Å². The third-order valence-corrected chi connectivity index (χ3v) is 6.11. The van der Waals surface area contributed by atoms with Gasteiger partial charge in [0, 0.05) is 11.1 Å². The molecule has 1 aromatic rings. The van der Waals surface area contributed by atoms with Crippen LogP contribution in [0.5, 0.6) is 5.75 Å². The Kier molecular flexibility index (Phi) is 4.60. The molecule has 0 atom stereocenters. The first-order valence-electron chi connectivity index (χ1n) is 8.33. The van der Waals surface area contributed by atoms with Crippen molar-refractivity contribution in [3.8, 4) is 5.75 Å². The molecule has 1 aromatic carbocycles. The quantitative estimate of drug-likeness (QED) is 0.773. The SMILES string of the molecule is COc1c(C2(N)CCCCC2)cc2c(c1Br)CCCCC2. The van der Waals surface area contributed by atoms with Crippen molar-refractivity contribution in [1.29, 1.82) is 0 Å². The van der Waals surface area contributed by atoms with Crippen molar-refractivity contribution >= 4 is 15.9 Å². The zero-order chi connectivity index (χ0) is 14.9. The highest BCUT2D eigenvalue weighted by Crippen LogP contribution is 2.45. The number of fused-ring (bicyclic) bond motifs is 1. The van der Waals surface area contributed by atoms with Gasteiger partial charge in [0.15, 0.2) is 0 Å². The Morgan fingerprint density at radius 3 is 2.43 bits per heavy atom. The van der Waals surface area contributed by atoms with Gasteiger partial charge in [-0.2, -0.15) is 0 Å². The smallest absolute Gasteiger partial charge is 0.138 e. The zero-order valence-electron chi connectivity index (χ0n) is 13.0. The molecule has 3 rings (SSSR count). The van der Waals surface area contributed by atoms with Gasteiger partial charge >= 0.3 is 0 Å². The Hall–Kier alpha value is -0.540. The minimum atomic E-state index is -0.201. The summed E-state index contributed by atoms with van der Waals surface area (Å²) < 4.78 is 6.94. The molecule has 1 fully saturated rings. The molecule has 2 aliphatic carbocycles. The maximum Gasteiger partial charge on any atom is 0.138 e. The van der Waals surface area contributed by atoms with E-state index in [-0.39, 0.29) is 5.54 Å². The molecule has 2 aliphatic rings. The van der Waals surface area contributed by atoms with Crippen LogP contribution in [-0.2, 0) is 18.4 Å². The van der Waals surface area contributed by atoms with Gasteiger partial charge in [-0.1, -0.05) is 25.7 Å². The van der Waals surface area contributed by atoms with E-state index >= 15 is 0 Å². The molecule has 0 aromatic heterocycles. The first-order valence-corrected chi connectivity index (χ1v) is 9.12. The highest BCUT2D eigenvalue weighted by molar-refractivity contribution is 9.10. The van der Waals surface area contributed by atoms with Gasteiger partial charge < -0.3 is 10.5 Å². The summed E-state index contributed by atoms with van der Waals surface area (Å²) in [6, 6.07) is 2.37. The van der Waals surface area contributed by atoms with Crippen molar-refractivity contribution in [2.75, 3.05) is 7.11 Å². The number of benzene rings is 1. The number of halogens is 1. The minimum absolute atomic E-state index is 0.201. The van der Waals surface area contributed by atoms with Crippen molar-refractivity contribution in [1.82, 2.24) is 0 Å². The molecular weight excluding hydrogens is 326 g/mol. The summed E-state index contributed by atoms with van der Waals surface area (Å²) in [5.74, 6) is 0.986. The molecule has 21 heavy (non-hydrogen) atoms. The number of methoxy groups -OCH3 is 1. The van der Waals surface area contributed by atoms with Gasteiger partial charge in [0.1, 0.15) is 5.75 Å². The lowest BCUT2D eigenvalue weighted by atomic mass is 9.76. The minimum Gasteiger partial charge on any atom is -0.495 e. The summed E-state index contributed by atoms with van der Waals surface area (Å²) in [4.78, 5) is 0. The van der Waals surface area contributed by atoms with Crippen LogP contribution >= 0.6 is 15.9 Å². The fourth-order valence-electron chi connectivity index (χ4n) is 4.03. The lowest BCUT2D eigenvalue weighted by Gasteiger charge is -2.36. The summed E-state index contributed by atoms with van der Waals surface area (Å²) in [5, 5.41) is 0. The Morgan fingerprint density at radius 1 is 1.05 bits per heavy atom. The molecule has 0 amide bonds. The molecule has 0 aliphatic heterocycles. The third kappa shape index (κ3) is 2.87. The molecule has 0 radical (unpaired) electrons. The number of hydrogen-bond acceptors (Lipinski definition) is 2. The van der Waals surface area contributed by atoms with Crippen LogP contribution in [0.1, 0.15) is 68.1 Å². The molecule has 0 saturated heterocycles. The zero-order valence-corrected chi connectivity index (χ0v) is 14.6. The largest absolute Gasteiger partial charge is 0.495 e. The summed E-state index contributed by atoms with van der Waals surface area (Å²) >= 11 is 3.82. The maximum absolute atomic E-state index is 6.80. The molecule has 0 spiro atoms. The van der Waals surface area contributed by atoms with Crippen molar-refractivity contribution in [3.63, 3.8) is 0 Å². The topological polar surface area (TPSA) is 35.2 Å². The molecular formula is C18H26BrNO. The summed E-state index contributed by atoms with van der Waals surface area (Å²) in [6.45, 7) is 0. The van der Waals surface area contributed by atoms with E-state index in [1.165, 1.54) is 61.6 Å². The van der Waals surface area contributed by atoms with Gasteiger partial charge in [-0.25, -0.2) is 0 Å². The second-order valence-corrected chi connectivity index (χ2v) is 7.48. The number of nitrogens with two attached hydrogens (primary N) is 1. The summed E-state index contributed by atoms with van der Waals surface area (Å²) in [5.41, 5.74) is 10.8. The molecule has 3 heteroatoms. The van der Waals surface area contributed by atoms with Crippen molar-refractivity contribution in [2.24, 2.45) is 5.73 Å². The van der Waals surface area contributed by atoms with Crippen LogP contribution in [0.2, 0.25) is 0 Å². The van der Waals surface area contributed by atoms with E-state index in [9.17, 15) is 0 Å². The van der Waals surface area contributed by atoms with Crippen LogP contribution in [0.25, 0.3) is 0 Å². The normalized spacial score (nSPS) is 21.5. The van der Waals surface area contributed by atoms with E-state index in [0.717, 1.165) is 29.5 Å². The van der Waals surface area contributed by atoms with Crippen molar-refractivity contribution < 1.29 is 4.74 Å². The third-order valence-electron chi connectivity index (χ3n) is 5.27. The summed E-state index contributed by atoms with van der Waals surface area (Å²) in [7, 11) is 1.78. The highest BCUT2D eigenvalue weighted by atomic mass is 79.9. The predicted octanol–water partition coefficient (Wildman–Crippen LogP) is 4.84. The van der Waals surface area contributed by atoms with E-state index in [4.69, 9.17) is 10.5 Å². The van der Waals surface area contributed by atoms with Gasteiger partial charge in [0.25, 0.3) is 0 Å². The van der Waals surface area contributed by atoms with Crippen molar-refractivity contribution in [3.05, 3.63) is 27.2 Å². The lowest BCUT2D eigenvalue weighted by Crippen LogP contribution is -2.39. The van der Waals surface area contributed by atoms with E-state index in [2.05, 4.69) is 22.0 Å². The average Bonchev–Trinajstić information content (AvgIpc) is 2.73. The lowest BCUT2D eigenvalue weighted by molar-refractivity contribution is 0.288. The van der Waals surface area contributed by atoms with Crippen LogP contribution in [0.4, 0.5) is 0 Å². The van der Waals surface area contributed by atoms with E-state index < -0.39 is 0 Å². The molecule has 2 N–H and O–H groups in total. The fourth-order valence-corrected chi connectivity index (χ4v) is 4.86. The first kappa shape index (κ1) is 15.4. The molecule has 0 bridgehead atoms. The van der Waals surface area contributed by atoms with E-state index in [0.29, 0.717) is 0 Å². The van der Waals surface area contributed by atoms with Crippen LogP contribution in [0.15, 0.2) is 10.5 Å². The van der Waals surface area contributed by atoms with Crippen molar-refractivity contribution in [2.45, 2.75) is 69.7 Å². The number of aryl methyl sites for hydroxylation is 1. The van der Waals surface area contributed by atoms with Gasteiger partial charge in [-0.15, -0.1) is 0 Å². The van der Waals surface area contributed by atoms with Gasteiger partial charge in [-0.05, 0) is 71.6 Å².